The summed E-state index contributed by atoms with van der Waals surface area (Å²) in [5.74, 6) is 0.956. The minimum absolute atomic E-state index is 0.509. The van der Waals surface area contributed by atoms with Crippen molar-refractivity contribution in [3.8, 4) is 0 Å². The molecule has 0 atom stereocenters. The molecule has 1 aliphatic carbocycles. The van der Waals surface area contributed by atoms with Gasteiger partial charge in [0.15, 0.2) is 0 Å². The maximum Gasteiger partial charge on any atom is 0.00390 e. The first-order valence-corrected chi connectivity index (χ1v) is 5.82. The van der Waals surface area contributed by atoms with Crippen LogP contribution in [0.4, 0.5) is 0 Å². The fourth-order valence-electron chi connectivity index (χ4n) is 2.70. The van der Waals surface area contributed by atoms with Gasteiger partial charge in [-0.1, -0.05) is 0 Å². The van der Waals surface area contributed by atoms with Gasteiger partial charge in [0.1, 0.15) is 0 Å². The van der Waals surface area contributed by atoms with Gasteiger partial charge in [0, 0.05) is 12.6 Å². The number of likely N-dealkylation sites (tertiary alicyclic amines) is 1. The molecular weight excluding hydrogens is 160 g/mol. The van der Waals surface area contributed by atoms with Crippen LogP contribution in [0.2, 0.25) is 0 Å². The average molecular weight is 182 g/mol. The number of hydrogen-bond donors (Lipinski definition) is 1. The Labute approximate surface area is 81.5 Å². The molecular formula is C11H22N2. The Morgan fingerprint density at radius 3 is 2.23 bits per heavy atom. The van der Waals surface area contributed by atoms with Gasteiger partial charge >= 0.3 is 0 Å². The average Bonchev–Trinajstić information content (AvgIpc) is 2.62. The highest BCUT2D eigenvalue weighted by Gasteiger charge is 2.21. The lowest BCUT2D eigenvalue weighted by Gasteiger charge is -2.29. The molecule has 1 saturated carbocycles. The second-order valence-electron chi connectivity index (χ2n) is 4.79. The molecule has 2 fully saturated rings. The molecule has 0 radical (unpaired) electrons. The SMILES string of the molecule is NC1CCC(CN2CCCC2)CC1. The molecule has 13 heavy (non-hydrogen) atoms. The van der Waals surface area contributed by atoms with E-state index < -0.39 is 0 Å². The molecule has 0 amide bonds. The summed E-state index contributed by atoms with van der Waals surface area (Å²) in [7, 11) is 0. The standard InChI is InChI=1S/C11H22N2/c12-11-5-3-10(4-6-11)9-13-7-1-2-8-13/h10-11H,1-9,12H2. The predicted molar refractivity (Wildman–Crippen MR) is 55.6 cm³/mol. The van der Waals surface area contributed by atoms with Crippen molar-refractivity contribution in [2.45, 2.75) is 44.6 Å². The van der Waals surface area contributed by atoms with Gasteiger partial charge in [-0.25, -0.2) is 0 Å². The summed E-state index contributed by atoms with van der Waals surface area (Å²) in [4.78, 5) is 2.64. The lowest BCUT2D eigenvalue weighted by Crippen LogP contribution is -2.33. The number of nitrogens with two attached hydrogens (primary N) is 1. The van der Waals surface area contributed by atoms with Crippen molar-refractivity contribution in [3.63, 3.8) is 0 Å². The van der Waals surface area contributed by atoms with Crippen LogP contribution in [-0.2, 0) is 0 Å². The lowest BCUT2D eigenvalue weighted by atomic mass is 9.86. The van der Waals surface area contributed by atoms with E-state index in [4.69, 9.17) is 5.73 Å². The fourth-order valence-corrected chi connectivity index (χ4v) is 2.70. The molecule has 0 aromatic heterocycles. The topological polar surface area (TPSA) is 29.3 Å². The highest BCUT2D eigenvalue weighted by atomic mass is 15.1. The van der Waals surface area contributed by atoms with Gasteiger partial charge < -0.3 is 10.6 Å². The molecule has 1 saturated heterocycles. The third kappa shape index (κ3) is 2.68. The van der Waals surface area contributed by atoms with Crippen LogP contribution in [0.3, 0.4) is 0 Å². The molecule has 2 N–H and O–H groups in total. The van der Waals surface area contributed by atoms with E-state index in [0.29, 0.717) is 6.04 Å². The summed E-state index contributed by atoms with van der Waals surface area (Å²) in [6.45, 7) is 4.05. The fraction of sp³-hybridized carbons (Fsp3) is 1.00. The monoisotopic (exact) mass is 182 g/mol. The van der Waals surface area contributed by atoms with Crippen LogP contribution in [0.15, 0.2) is 0 Å². The number of hydrogen-bond acceptors (Lipinski definition) is 2. The van der Waals surface area contributed by atoms with Gasteiger partial charge in [0.25, 0.3) is 0 Å². The van der Waals surface area contributed by atoms with Crippen molar-refractivity contribution >= 4 is 0 Å². The van der Waals surface area contributed by atoms with Crippen LogP contribution in [-0.4, -0.2) is 30.6 Å². The van der Waals surface area contributed by atoms with Gasteiger partial charge in [-0.2, -0.15) is 0 Å². The Morgan fingerprint density at radius 2 is 1.62 bits per heavy atom. The second kappa shape index (κ2) is 4.43. The largest absolute Gasteiger partial charge is 0.328 e. The Bertz CT molecular complexity index is 144. The van der Waals surface area contributed by atoms with Crippen molar-refractivity contribution in [2.24, 2.45) is 11.7 Å². The summed E-state index contributed by atoms with van der Waals surface area (Å²) in [6.07, 6.45) is 8.12. The Hall–Kier alpha value is -0.0800. The number of rotatable bonds is 2. The molecule has 0 aromatic carbocycles. The van der Waals surface area contributed by atoms with Gasteiger partial charge in [-0.15, -0.1) is 0 Å². The summed E-state index contributed by atoms with van der Waals surface area (Å²) in [6, 6.07) is 0.509. The predicted octanol–water partition coefficient (Wildman–Crippen LogP) is 1.60. The van der Waals surface area contributed by atoms with E-state index in [9.17, 15) is 0 Å². The van der Waals surface area contributed by atoms with Gasteiger partial charge in [-0.3, -0.25) is 0 Å². The van der Waals surface area contributed by atoms with Crippen molar-refractivity contribution in [1.29, 1.82) is 0 Å². The zero-order chi connectivity index (χ0) is 9.10. The normalized spacial score (nSPS) is 36.7. The highest BCUT2D eigenvalue weighted by molar-refractivity contribution is 4.78. The molecule has 0 aromatic rings. The molecule has 0 bridgehead atoms. The van der Waals surface area contributed by atoms with Crippen LogP contribution < -0.4 is 5.73 Å². The smallest absolute Gasteiger partial charge is 0.00390 e. The maximum atomic E-state index is 5.89. The first kappa shape index (κ1) is 9.47. The third-order valence-electron chi connectivity index (χ3n) is 3.61. The minimum Gasteiger partial charge on any atom is -0.328 e. The van der Waals surface area contributed by atoms with Crippen LogP contribution in [0.5, 0.6) is 0 Å². The summed E-state index contributed by atoms with van der Waals surface area (Å²) in [5, 5.41) is 0. The van der Waals surface area contributed by atoms with E-state index in [1.807, 2.05) is 0 Å². The Morgan fingerprint density at radius 1 is 1.00 bits per heavy atom. The van der Waals surface area contributed by atoms with E-state index in [1.54, 1.807) is 0 Å². The van der Waals surface area contributed by atoms with Crippen LogP contribution >= 0.6 is 0 Å². The molecule has 0 spiro atoms. The summed E-state index contributed by atoms with van der Waals surface area (Å²) >= 11 is 0. The third-order valence-corrected chi connectivity index (χ3v) is 3.61. The number of nitrogens with zero attached hydrogens (tertiary/aromatic N) is 1. The van der Waals surface area contributed by atoms with Crippen LogP contribution in [0.25, 0.3) is 0 Å². The highest BCUT2D eigenvalue weighted by Crippen LogP contribution is 2.25. The minimum atomic E-state index is 0.509. The lowest BCUT2D eigenvalue weighted by molar-refractivity contribution is 0.224. The van der Waals surface area contributed by atoms with Crippen molar-refractivity contribution in [2.75, 3.05) is 19.6 Å². The Kier molecular flexibility index (Phi) is 3.23. The molecule has 0 unspecified atom stereocenters. The zero-order valence-corrected chi connectivity index (χ0v) is 8.54. The zero-order valence-electron chi connectivity index (χ0n) is 8.54. The van der Waals surface area contributed by atoms with Gasteiger partial charge in [-0.05, 0) is 57.5 Å². The summed E-state index contributed by atoms with van der Waals surface area (Å²) in [5.41, 5.74) is 5.89. The summed E-state index contributed by atoms with van der Waals surface area (Å²) < 4.78 is 0. The molecule has 2 aliphatic rings. The second-order valence-corrected chi connectivity index (χ2v) is 4.79. The molecule has 1 heterocycles. The Balaban J connectivity index is 1.69. The van der Waals surface area contributed by atoms with E-state index in [1.165, 1.54) is 58.2 Å². The van der Waals surface area contributed by atoms with Crippen LogP contribution in [0.1, 0.15) is 38.5 Å². The first-order chi connectivity index (χ1) is 6.34. The van der Waals surface area contributed by atoms with Gasteiger partial charge in [0.05, 0.1) is 0 Å². The molecule has 1 aliphatic heterocycles. The van der Waals surface area contributed by atoms with E-state index in [2.05, 4.69) is 4.90 Å². The van der Waals surface area contributed by atoms with Crippen molar-refractivity contribution < 1.29 is 0 Å². The molecule has 2 nitrogen and oxygen atoms in total. The molecule has 2 rings (SSSR count). The molecule has 76 valence electrons. The van der Waals surface area contributed by atoms with E-state index in [-0.39, 0.29) is 0 Å². The van der Waals surface area contributed by atoms with Crippen molar-refractivity contribution in [1.82, 2.24) is 4.90 Å². The van der Waals surface area contributed by atoms with E-state index in [0.717, 1.165) is 5.92 Å². The van der Waals surface area contributed by atoms with E-state index >= 15 is 0 Å². The maximum absolute atomic E-state index is 5.89. The molecule has 2 heteroatoms. The van der Waals surface area contributed by atoms with Crippen molar-refractivity contribution in [3.05, 3.63) is 0 Å². The first-order valence-electron chi connectivity index (χ1n) is 5.82. The quantitative estimate of drug-likeness (QED) is 0.703. The van der Waals surface area contributed by atoms with Gasteiger partial charge in [0.2, 0.25) is 0 Å². The van der Waals surface area contributed by atoms with Crippen LogP contribution in [0, 0.1) is 5.92 Å².